The van der Waals surface area contributed by atoms with Crippen LogP contribution in [0.2, 0.25) is 0 Å². The third-order valence-corrected chi connectivity index (χ3v) is 3.75. The van der Waals surface area contributed by atoms with Gasteiger partial charge in [0.1, 0.15) is 0 Å². The maximum atomic E-state index is 12.2. The number of nitrogens with one attached hydrogen (secondary N) is 1. The molecule has 5 heteroatoms. The van der Waals surface area contributed by atoms with E-state index in [1.165, 1.54) is 0 Å². The largest absolute Gasteiger partial charge is 0.481 e. The number of anilines is 1. The Morgan fingerprint density at radius 2 is 2.05 bits per heavy atom. The Kier molecular flexibility index (Phi) is 3.83. The van der Waals surface area contributed by atoms with Crippen LogP contribution in [0, 0.1) is 24.7 Å². The Morgan fingerprint density at radius 1 is 1.37 bits per heavy atom. The number of hydrogen-bond donors (Lipinski definition) is 2. The Bertz CT molecular complexity index is 501. The maximum absolute atomic E-state index is 12.2. The number of carbonyl (C=O) groups is 2. The van der Waals surface area contributed by atoms with Gasteiger partial charge in [0.2, 0.25) is 5.91 Å². The second kappa shape index (κ2) is 5.38. The van der Waals surface area contributed by atoms with Gasteiger partial charge in [-0.3, -0.25) is 14.6 Å². The van der Waals surface area contributed by atoms with E-state index in [-0.39, 0.29) is 11.8 Å². The SMILES string of the molecule is Cc1ccncc1NC(=O)C1CC(C)CC1C(=O)O. The fourth-order valence-electron chi connectivity index (χ4n) is 2.67. The van der Waals surface area contributed by atoms with E-state index in [2.05, 4.69) is 10.3 Å². The molecular weight excluding hydrogens is 244 g/mol. The van der Waals surface area contributed by atoms with Gasteiger partial charge in [0.25, 0.3) is 0 Å². The summed E-state index contributed by atoms with van der Waals surface area (Å²) in [4.78, 5) is 27.4. The van der Waals surface area contributed by atoms with E-state index < -0.39 is 17.8 Å². The molecule has 2 rings (SSSR count). The van der Waals surface area contributed by atoms with Crippen molar-refractivity contribution in [1.82, 2.24) is 4.98 Å². The van der Waals surface area contributed by atoms with Crippen molar-refractivity contribution in [3.8, 4) is 0 Å². The normalized spacial score (nSPS) is 26.1. The molecule has 1 amide bonds. The molecule has 1 fully saturated rings. The first-order valence-electron chi connectivity index (χ1n) is 6.43. The van der Waals surface area contributed by atoms with Crippen molar-refractivity contribution in [3.05, 3.63) is 24.0 Å². The topological polar surface area (TPSA) is 79.3 Å². The Morgan fingerprint density at radius 3 is 2.68 bits per heavy atom. The number of rotatable bonds is 3. The number of nitrogens with zero attached hydrogens (tertiary/aromatic N) is 1. The number of pyridine rings is 1. The van der Waals surface area contributed by atoms with Gasteiger partial charge in [-0.2, -0.15) is 0 Å². The zero-order valence-corrected chi connectivity index (χ0v) is 11.1. The van der Waals surface area contributed by atoms with E-state index >= 15 is 0 Å². The number of hydrogen-bond acceptors (Lipinski definition) is 3. The Hall–Kier alpha value is -1.91. The molecule has 3 atom stereocenters. The van der Waals surface area contributed by atoms with E-state index in [1.54, 1.807) is 12.4 Å². The number of aromatic nitrogens is 1. The molecule has 19 heavy (non-hydrogen) atoms. The van der Waals surface area contributed by atoms with Crippen LogP contribution in [0.1, 0.15) is 25.3 Å². The summed E-state index contributed by atoms with van der Waals surface area (Å²) in [7, 11) is 0. The monoisotopic (exact) mass is 262 g/mol. The van der Waals surface area contributed by atoms with Gasteiger partial charge in [0.05, 0.1) is 23.7 Å². The molecule has 0 bridgehead atoms. The summed E-state index contributed by atoms with van der Waals surface area (Å²) in [5.74, 6) is -1.86. The maximum Gasteiger partial charge on any atom is 0.307 e. The summed E-state index contributed by atoms with van der Waals surface area (Å²) < 4.78 is 0. The molecular formula is C14H18N2O3. The smallest absolute Gasteiger partial charge is 0.307 e. The summed E-state index contributed by atoms with van der Waals surface area (Å²) in [6, 6.07) is 1.81. The number of carboxylic acids is 1. The van der Waals surface area contributed by atoms with Crippen LogP contribution in [0.4, 0.5) is 5.69 Å². The van der Waals surface area contributed by atoms with Gasteiger partial charge in [0, 0.05) is 6.20 Å². The lowest BCUT2D eigenvalue weighted by Crippen LogP contribution is -2.30. The van der Waals surface area contributed by atoms with Crippen molar-refractivity contribution in [2.75, 3.05) is 5.32 Å². The van der Waals surface area contributed by atoms with Crippen molar-refractivity contribution in [1.29, 1.82) is 0 Å². The molecule has 5 nitrogen and oxygen atoms in total. The van der Waals surface area contributed by atoms with E-state index in [1.807, 2.05) is 19.9 Å². The lowest BCUT2D eigenvalue weighted by atomic mass is 9.95. The number of aliphatic carboxylic acids is 1. The van der Waals surface area contributed by atoms with Crippen LogP contribution < -0.4 is 5.32 Å². The van der Waals surface area contributed by atoms with E-state index in [0.717, 1.165) is 5.56 Å². The van der Waals surface area contributed by atoms with Crippen molar-refractivity contribution in [2.45, 2.75) is 26.7 Å². The zero-order chi connectivity index (χ0) is 14.0. The lowest BCUT2D eigenvalue weighted by molar-refractivity contribution is -0.145. The molecule has 0 radical (unpaired) electrons. The fraction of sp³-hybridized carbons (Fsp3) is 0.500. The number of carbonyl (C=O) groups excluding carboxylic acids is 1. The molecule has 1 aliphatic rings. The number of carboxylic acid groups (broad SMARTS) is 1. The van der Waals surface area contributed by atoms with Crippen LogP contribution in [-0.4, -0.2) is 22.0 Å². The quantitative estimate of drug-likeness (QED) is 0.874. The third-order valence-electron chi connectivity index (χ3n) is 3.75. The highest BCUT2D eigenvalue weighted by Gasteiger charge is 2.41. The standard InChI is InChI=1S/C14H18N2O3/c1-8-5-10(11(6-8)14(18)19)13(17)16-12-7-15-4-3-9(12)2/h3-4,7-8,10-11H,5-6H2,1-2H3,(H,16,17)(H,18,19). The molecule has 1 aromatic rings. The van der Waals surface area contributed by atoms with Gasteiger partial charge >= 0.3 is 5.97 Å². The van der Waals surface area contributed by atoms with Crippen LogP contribution in [0.5, 0.6) is 0 Å². The molecule has 2 N–H and O–H groups in total. The third kappa shape index (κ3) is 2.92. The zero-order valence-electron chi connectivity index (χ0n) is 11.1. The summed E-state index contributed by atoms with van der Waals surface area (Å²) in [5, 5.41) is 12.0. The van der Waals surface area contributed by atoms with E-state index in [0.29, 0.717) is 18.5 Å². The highest BCUT2D eigenvalue weighted by atomic mass is 16.4. The van der Waals surface area contributed by atoms with Gasteiger partial charge in [0.15, 0.2) is 0 Å². The van der Waals surface area contributed by atoms with Crippen LogP contribution in [0.25, 0.3) is 0 Å². The van der Waals surface area contributed by atoms with Crippen molar-refractivity contribution < 1.29 is 14.7 Å². The van der Waals surface area contributed by atoms with Gasteiger partial charge in [-0.05, 0) is 37.3 Å². The lowest BCUT2D eigenvalue weighted by Gasteiger charge is -2.16. The minimum Gasteiger partial charge on any atom is -0.481 e. The van der Waals surface area contributed by atoms with Crippen LogP contribution in [-0.2, 0) is 9.59 Å². The highest BCUT2D eigenvalue weighted by molar-refractivity contribution is 5.95. The Balaban J connectivity index is 2.11. The molecule has 1 saturated carbocycles. The first-order valence-corrected chi connectivity index (χ1v) is 6.43. The predicted molar refractivity (Wildman–Crippen MR) is 70.6 cm³/mol. The second-order valence-electron chi connectivity index (χ2n) is 5.31. The Labute approximate surface area is 112 Å². The van der Waals surface area contributed by atoms with E-state index in [4.69, 9.17) is 0 Å². The van der Waals surface area contributed by atoms with Crippen LogP contribution in [0.15, 0.2) is 18.5 Å². The average Bonchev–Trinajstić information content (AvgIpc) is 2.74. The molecule has 0 saturated heterocycles. The number of aryl methyl sites for hydroxylation is 1. The number of amides is 1. The first-order chi connectivity index (χ1) is 8.99. The van der Waals surface area contributed by atoms with Gasteiger partial charge in [-0.25, -0.2) is 0 Å². The van der Waals surface area contributed by atoms with Crippen molar-refractivity contribution in [3.63, 3.8) is 0 Å². The molecule has 1 aromatic heterocycles. The fourth-order valence-corrected chi connectivity index (χ4v) is 2.67. The van der Waals surface area contributed by atoms with Crippen molar-refractivity contribution in [2.24, 2.45) is 17.8 Å². The summed E-state index contributed by atoms with van der Waals surface area (Å²) >= 11 is 0. The summed E-state index contributed by atoms with van der Waals surface area (Å²) in [6.45, 7) is 3.86. The molecule has 0 aromatic carbocycles. The van der Waals surface area contributed by atoms with Gasteiger partial charge < -0.3 is 10.4 Å². The highest BCUT2D eigenvalue weighted by Crippen LogP contribution is 2.37. The van der Waals surface area contributed by atoms with Crippen LogP contribution in [0.3, 0.4) is 0 Å². The second-order valence-corrected chi connectivity index (χ2v) is 5.31. The minimum absolute atomic E-state index is 0.215. The van der Waals surface area contributed by atoms with Gasteiger partial charge in [-0.15, -0.1) is 0 Å². The molecule has 102 valence electrons. The minimum atomic E-state index is -0.882. The summed E-state index contributed by atoms with van der Waals surface area (Å²) in [5.41, 5.74) is 1.57. The van der Waals surface area contributed by atoms with E-state index in [9.17, 15) is 14.7 Å². The summed E-state index contributed by atoms with van der Waals surface area (Å²) in [6.07, 6.45) is 4.44. The molecule has 0 spiro atoms. The molecule has 3 unspecified atom stereocenters. The van der Waals surface area contributed by atoms with Crippen molar-refractivity contribution >= 4 is 17.6 Å². The van der Waals surface area contributed by atoms with Crippen LogP contribution >= 0.6 is 0 Å². The molecule has 1 heterocycles. The molecule has 0 aliphatic heterocycles. The first kappa shape index (κ1) is 13.5. The van der Waals surface area contributed by atoms with Gasteiger partial charge in [-0.1, -0.05) is 6.92 Å². The molecule has 1 aliphatic carbocycles. The average molecular weight is 262 g/mol. The predicted octanol–water partition coefficient (Wildman–Crippen LogP) is 2.08.